The van der Waals surface area contributed by atoms with Crippen molar-refractivity contribution in [2.45, 2.75) is 31.8 Å². The zero-order chi connectivity index (χ0) is 13.1. The molecule has 3 aliphatic carbocycles. The summed E-state index contributed by atoms with van der Waals surface area (Å²) in [6.07, 6.45) is 4.13. The van der Waals surface area contributed by atoms with Gasteiger partial charge in [0.05, 0.1) is 4.47 Å². The third-order valence-corrected chi connectivity index (χ3v) is 6.00. The fourth-order valence-corrected chi connectivity index (χ4v) is 4.92. The monoisotopic (exact) mass is 327 g/mol. The molecule has 0 aliphatic heterocycles. The summed E-state index contributed by atoms with van der Waals surface area (Å²) in [5, 5.41) is 3.38. The van der Waals surface area contributed by atoms with E-state index in [4.69, 9.17) is 0 Å². The molecule has 4 heteroatoms. The van der Waals surface area contributed by atoms with Crippen LogP contribution >= 0.6 is 15.9 Å². The molecule has 4 atom stereocenters. The average Bonchev–Trinajstić information content (AvgIpc) is 2.80. The number of nitrogens with one attached hydrogen (secondary N) is 1. The molecule has 3 aliphatic rings. The number of benzene rings is 1. The van der Waals surface area contributed by atoms with E-state index in [9.17, 15) is 8.78 Å². The number of rotatable bonds is 3. The van der Waals surface area contributed by atoms with Gasteiger partial charge < -0.3 is 5.32 Å². The third kappa shape index (κ3) is 1.79. The van der Waals surface area contributed by atoms with E-state index in [1.807, 2.05) is 0 Å². The first-order valence-electron chi connectivity index (χ1n) is 7.02. The fraction of sp³-hybridized carbons (Fsp3) is 0.600. The lowest BCUT2D eigenvalue weighted by molar-refractivity contribution is 0.451. The highest BCUT2D eigenvalue weighted by Gasteiger charge is 2.64. The van der Waals surface area contributed by atoms with E-state index in [2.05, 4.69) is 21.2 Å². The summed E-state index contributed by atoms with van der Waals surface area (Å²) < 4.78 is 27.9. The molecule has 1 aromatic rings. The summed E-state index contributed by atoms with van der Waals surface area (Å²) >= 11 is 3.11. The molecular formula is C15H16BrF2N. The van der Waals surface area contributed by atoms with Crippen molar-refractivity contribution in [2.75, 3.05) is 0 Å². The van der Waals surface area contributed by atoms with Crippen molar-refractivity contribution in [3.05, 3.63) is 33.8 Å². The van der Waals surface area contributed by atoms with Gasteiger partial charge in [0, 0.05) is 18.2 Å². The number of halogens is 3. The molecule has 102 valence electrons. The SMILES string of the molecule is Fc1ccc(Br)c(F)c1CNC1C2C3CCC(C3)C12. The second-order valence-electron chi connectivity index (χ2n) is 6.22. The predicted molar refractivity (Wildman–Crippen MR) is 72.5 cm³/mol. The molecule has 4 unspecified atom stereocenters. The average molecular weight is 328 g/mol. The Balaban J connectivity index is 1.46. The van der Waals surface area contributed by atoms with Crippen LogP contribution in [0.15, 0.2) is 16.6 Å². The molecule has 0 spiro atoms. The normalized spacial score (nSPS) is 38.6. The van der Waals surface area contributed by atoms with E-state index in [-0.39, 0.29) is 5.56 Å². The van der Waals surface area contributed by atoms with Crippen molar-refractivity contribution in [1.82, 2.24) is 5.32 Å². The molecule has 3 fully saturated rings. The quantitative estimate of drug-likeness (QED) is 0.831. The Morgan fingerprint density at radius 2 is 1.84 bits per heavy atom. The Morgan fingerprint density at radius 1 is 1.16 bits per heavy atom. The minimum atomic E-state index is -0.471. The smallest absolute Gasteiger partial charge is 0.144 e. The zero-order valence-corrected chi connectivity index (χ0v) is 12.1. The summed E-state index contributed by atoms with van der Waals surface area (Å²) in [4.78, 5) is 0. The van der Waals surface area contributed by atoms with Crippen LogP contribution in [0.5, 0.6) is 0 Å². The van der Waals surface area contributed by atoms with Gasteiger partial charge in [0.25, 0.3) is 0 Å². The molecule has 0 heterocycles. The van der Waals surface area contributed by atoms with Crippen molar-refractivity contribution in [2.24, 2.45) is 23.7 Å². The topological polar surface area (TPSA) is 12.0 Å². The molecule has 2 bridgehead atoms. The van der Waals surface area contributed by atoms with Gasteiger partial charge in [-0.1, -0.05) is 0 Å². The molecular weight excluding hydrogens is 312 g/mol. The van der Waals surface area contributed by atoms with Gasteiger partial charge in [-0.2, -0.15) is 0 Å². The van der Waals surface area contributed by atoms with Crippen molar-refractivity contribution in [1.29, 1.82) is 0 Å². The van der Waals surface area contributed by atoms with Gasteiger partial charge in [0.15, 0.2) is 0 Å². The summed E-state index contributed by atoms with van der Waals surface area (Å²) in [5.41, 5.74) is 0.159. The maximum absolute atomic E-state index is 13.9. The number of fused-ring (bicyclic) bond motifs is 5. The Hall–Kier alpha value is -0.480. The summed E-state index contributed by atoms with van der Waals surface area (Å²) in [5.74, 6) is 2.41. The van der Waals surface area contributed by atoms with Crippen molar-refractivity contribution in [3.63, 3.8) is 0 Å². The summed E-state index contributed by atoms with van der Waals surface area (Å²) in [6.45, 7) is 0.300. The van der Waals surface area contributed by atoms with E-state index in [1.165, 1.54) is 31.4 Å². The molecule has 1 aromatic carbocycles. The Bertz CT molecular complexity index is 517. The summed E-state index contributed by atoms with van der Waals surface area (Å²) in [7, 11) is 0. The highest BCUT2D eigenvalue weighted by molar-refractivity contribution is 9.10. The standard InChI is InChI=1S/C15H16BrF2N/c16-10-3-4-11(17)9(14(10)18)6-19-15-12-7-1-2-8(5-7)13(12)15/h3-4,7-8,12-13,15,19H,1-2,5-6H2. The van der Waals surface area contributed by atoms with E-state index in [0.29, 0.717) is 17.1 Å². The van der Waals surface area contributed by atoms with Crippen molar-refractivity contribution in [3.8, 4) is 0 Å². The molecule has 4 rings (SSSR count). The Kier molecular flexibility index (Phi) is 2.75. The molecule has 0 saturated heterocycles. The highest BCUT2D eigenvalue weighted by Crippen LogP contribution is 2.65. The van der Waals surface area contributed by atoms with Crippen molar-refractivity contribution < 1.29 is 8.78 Å². The molecule has 3 saturated carbocycles. The van der Waals surface area contributed by atoms with Crippen LogP contribution in [0.1, 0.15) is 24.8 Å². The number of hydrogen-bond donors (Lipinski definition) is 1. The Labute approximate surface area is 119 Å². The number of hydrogen-bond acceptors (Lipinski definition) is 1. The van der Waals surface area contributed by atoms with Crippen LogP contribution in [0.3, 0.4) is 0 Å². The van der Waals surface area contributed by atoms with Gasteiger partial charge in [0.1, 0.15) is 11.6 Å². The minimum Gasteiger partial charge on any atom is -0.309 e. The van der Waals surface area contributed by atoms with Gasteiger partial charge in [-0.15, -0.1) is 0 Å². The molecule has 19 heavy (non-hydrogen) atoms. The van der Waals surface area contributed by atoms with E-state index < -0.39 is 11.6 Å². The maximum atomic E-state index is 13.9. The van der Waals surface area contributed by atoms with Gasteiger partial charge in [0.2, 0.25) is 0 Å². The molecule has 0 radical (unpaired) electrons. The van der Waals surface area contributed by atoms with Gasteiger partial charge >= 0.3 is 0 Å². The van der Waals surface area contributed by atoms with Crippen LogP contribution in [-0.2, 0) is 6.54 Å². The van der Waals surface area contributed by atoms with Gasteiger partial charge in [-0.25, -0.2) is 8.78 Å². The molecule has 1 N–H and O–H groups in total. The zero-order valence-electron chi connectivity index (χ0n) is 10.5. The minimum absolute atomic E-state index is 0.159. The third-order valence-electron chi connectivity index (χ3n) is 5.39. The fourth-order valence-electron chi connectivity index (χ4n) is 4.55. The first kappa shape index (κ1) is 12.3. The van der Waals surface area contributed by atoms with Crippen LogP contribution in [0.4, 0.5) is 8.78 Å². The second kappa shape index (κ2) is 4.26. The van der Waals surface area contributed by atoms with Crippen molar-refractivity contribution >= 4 is 15.9 Å². The predicted octanol–water partition coefficient (Wildman–Crippen LogP) is 3.86. The first-order valence-corrected chi connectivity index (χ1v) is 7.82. The highest BCUT2D eigenvalue weighted by atomic mass is 79.9. The van der Waals surface area contributed by atoms with Gasteiger partial charge in [-0.05, 0) is 71.0 Å². The lowest BCUT2D eigenvalue weighted by Gasteiger charge is -2.12. The Morgan fingerprint density at radius 3 is 2.53 bits per heavy atom. The van der Waals surface area contributed by atoms with Crippen LogP contribution in [0, 0.1) is 35.3 Å². The first-order chi connectivity index (χ1) is 9.16. The molecule has 0 amide bonds. The van der Waals surface area contributed by atoms with Crippen LogP contribution in [0.25, 0.3) is 0 Å². The van der Waals surface area contributed by atoms with Crippen LogP contribution < -0.4 is 5.32 Å². The van der Waals surface area contributed by atoms with E-state index >= 15 is 0 Å². The second-order valence-corrected chi connectivity index (χ2v) is 7.07. The lowest BCUT2D eigenvalue weighted by atomic mass is 10.0. The molecule has 1 nitrogen and oxygen atoms in total. The van der Waals surface area contributed by atoms with E-state index in [0.717, 1.165) is 23.7 Å². The lowest BCUT2D eigenvalue weighted by Crippen LogP contribution is -2.23. The maximum Gasteiger partial charge on any atom is 0.144 e. The largest absolute Gasteiger partial charge is 0.309 e. The van der Waals surface area contributed by atoms with Gasteiger partial charge in [-0.3, -0.25) is 0 Å². The summed E-state index contributed by atoms with van der Waals surface area (Å²) in [6, 6.07) is 3.24. The van der Waals surface area contributed by atoms with Crippen LogP contribution in [0.2, 0.25) is 0 Å². The molecule has 0 aromatic heterocycles. The van der Waals surface area contributed by atoms with Crippen LogP contribution in [-0.4, -0.2) is 6.04 Å². The van der Waals surface area contributed by atoms with E-state index in [1.54, 1.807) is 0 Å².